The molecule has 1 N–H and O–H groups in total. The van der Waals surface area contributed by atoms with Crippen LogP contribution in [0.15, 0.2) is 12.1 Å². The van der Waals surface area contributed by atoms with Gasteiger partial charge in [0.1, 0.15) is 0 Å². The Morgan fingerprint density at radius 1 is 1.35 bits per heavy atom. The molecule has 0 aliphatic carbocycles. The summed E-state index contributed by atoms with van der Waals surface area (Å²) in [6, 6.07) is 4.10. The van der Waals surface area contributed by atoms with Gasteiger partial charge in [-0.1, -0.05) is 6.92 Å². The molecule has 0 amide bonds. The van der Waals surface area contributed by atoms with Gasteiger partial charge in [-0.3, -0.25) is 4.90 Å². The van der Waals surface area contributed by atoms with Crippen molar-refractivity contribution in [1.29, 1.82) is 0 Å². The maximum atomic E-state index is 12.8. The number of alkyl halides is 3. The molecule has 0 spiro atoms. The van der Waals surface area contributed by atoms with Crippen LogP contribution >= 0.6 is 11.3 Å². The number of hydrogen-bond acceptors (Lipinski definition) is 3. The average molecular weight is 306 g/mol. The van der Waals surface area contributed by atoms with Crippen molar-refractivity contribution in [3.8, 4) is 0 Å². The van der Waals surface area contributed by atoms with Crippen LogP contribution < -0.4 is 5.32 Å². The first kappa shape index (κ1) is 15.8. The summed E-state index contributed by atoms with van der Waals surface area (Å²) in [7, 11) is 0. The van der Waals surface area contributed by atoms with Gasteiger partial charge >= 0.3 is 6.18 Å². The lowest BCUT2D eigenvalue weighted by Crippen LogP contribution is -2.41. The van der Waals surface area contributed by atoms with Crippen molar-refractivity contribution in [3.05, 3.63) is 21.9 Å². The Bertz CT molecular complexity index is 417. The molecule has 0 bridgehead atoms. The molecular weight excluding hydrogens is 285 g/mol. The monoisotopic (exact) mass is 306 g/mol. The molecule has 1 aromatic rings. The first-order valence-electron chi connectivity index (χ1n) is 7.06. The standard InChI is InChI=1S/C14H21F3N2S/c1-2-18-8-12-5-6-13(20-12)10-19-7-3-4-11(9-19)14(15,16)17/h5-6,11,18H,2-4,7-10H2,1H3. The number of likely N-dealkylation sites (tertiary alicyclic amines) is 1. The van der Waals surface area contributed by atoms with Gasteiger partial charge in [0.2, 0.25) is 0 Å². The molecule has 20 heavy (non-hydrogen) atoms. The molecule has 1 aliphatic rings. The zero-order chi connectivity index (χ0) is 14.6. The molecule has 1 unspecified atom stereocenters. The van der Waals surface area contributed by atoms with E-state index in [1.54, 1.807) is 11.3 Å². The molecule has 6 heteroatoms. The van der Waals surface area contributed by atoms with Crippen molar-refractivity contribution < 1.29 is 13.2 Å². The average Bonchev–Trinajstić information content (AvgIpc) is 2.83. The van der Waals surface area contributed by atoms with Crippen molar-refractivity contribution in [3.63, 3.8) is 0 Å². The maximum absolute atomic E-state index is 12.8. The molecule has 0 saturated carbocycles. The van der Waals surface area contributed by atoms with Crippen molar-refractivity contribution >= 4 is 11.3 Å². The van der Waals surface area contributed by atoms with Crippen LogP contribution in [0.4, 0.5) is 13.2 Å². The predicted molar refractivity (Wildman–Crippen MR) is 75.8 cm³/mol. The minimum atomic E-state index is -4.05. The second-order valence-corrected chi connectivity index (χ2v) is 6.52. The number of nitrogens with one attached hydrogen (secondary N) is 1. The minimum Gasteiger partial charge on any atom is -0.312 e. The zero-order valence-corrected chi connectivity index (χ0v) is 12.5. The second kappa shape index (κ2) is 6.91. The second-order valence-electron chi connectivity index (χ2n) is 5.26. The molecule has 2 nitrogen and oxygen atoms in total. The van der Waals surface area contributed by atoms with E-state index in [1.165, 1.54) is 4.88 Å². The highest BCUT2D eigenvalue weighted by molar-refractivity contribution is 7.11. The largest absolute Gasteiger partial charge is 0.393 e. The van der Waals surface area contributed by atoms with Crippen molar-refractivity contribution in [1.82, 2.24) is 10.2 Å². The quantitative estimate of drug-likeness (QED) is 0.893. The van der Waals surface area contributed by atoms with Gasteiger partial charge in [-0.15, -0.1) is 11.3 Å². The van der Waals surface area contributed by atoms with E-state index in [0.717, 1.165) is 24.5 Å². The third-order valence-corrected chi connectivity index (χ3v) is 4.68. The van der Waals surface area contributed by atoms with Crippen LogP contribution in [0.5, 0.6) is 0 Å². The van der Waals surface area contributed by atoms with E-state index in [2.05, 4.69) is 18.3 Å². The summed E-state index contributed by atoms with van der Waals surface area (Å²) >= 11 is 1.69. The van der Waals surface area contributed by atoms with Gasteiger partial charge in [0.25, 0.3) is 0 Å². The number of nitrogens with zero attached hydrogens (tertiary/aromatic N) is 1. The summed E-state index contributed by atoms with van der Waals surface area (Å²) in [6.45, 7) is 5.37. The Labute approximate surface area is 122 Å². The van der Waals surface area contributed by atoms with E-state index in [9.17, 15) is 13.2 Å². The summed E-state index contributed by atoms with van der Waals surface area (Å²) in [6.07, 6.45) is -3.14. The van der Waals surface area contributed by atoms with E-state index in [1.807, 2.05) is 11.0 Å². The van der Waals surface area contributed by atoms with Crippen molar-refractivity contribution in [2.75, 3.05) is 19.6 Å². The Morgan fingerprint density at radius 3 is 2.80 bits per heavy atom. The topological polar surface area (TPSA) is 15.3 Å². The Kier molecular flexibility index (Phi) is 5.46. The zero-order valence-electron chi connectivity index (χ0n) is 11.7. The van der Waals surface area contributed by atoms with E-state index in [-0.39, 0.29) is 13.0 Å². The number of halogens is 3. The molecule has 114 valence electrons. The molecule has 0 radical (unpaired) electrons. The highest BCUT2D eigenvalue weighted by atomic mass is 32.1. The van der Waals surface area contributed by atoms with Gasteiger partial charge in [0, 0.05) is 29.4 Å². The van der Waals surface area contributed by atoms with Gasteiger partial charge in [0.05, 0.1) is 5.92 Å². The summed E-state index contributed by atoms with van der Waals surface area (Å²) in [5.74, 6) is -1.16. The third-order valence-electron chi connectivity index (χ3n) is 3.61. The normalized spacial score (nSPS) is 21.3. The number of piperidine rings is 1. The van der Waals surface area contributed by atoms with Gasteiger partial charge in [-0.2, -0.15) is 13.2 Å². The van der Waals surface area contributed by atoms with Crippen LogP contribution in [0.1, 0.15) is 29.5 Å². The number of thiophene rings is 1. The minimum absolute atomic E-state index is 0.143. The van der Waals surface area contributed by atoms with Crippen molar-refractivity contribution in [2.24, 2.45) is 5.92 Å². The first-order chi connectivity index (χ1) is 9.49. The predicted octanol–water partition coefficient (Wildman–Crippen LogP) is 3.63. The maximum Gasteiger partial charge on any atom is 0.393 e. The highest BCUT2D eigenvalue weighted by Crippen LogP contribution is 2.33. The fourth-order valence-corrected chi connectivity index (χ4v) is 3.57. The summed E-state index contributed by atoms with van der Waals surface area (Å²) in [5.41, 5.74) is 0. The lowest BCUT2D eigenvalue weighted by Gasteiger charge is -2.33. The SMILES string of the molecule is CCNCc1ccc(CN2CCCC(C(F)(F)F)C2)s1. The molecule has 2 rings (SSSR count). The summed E-state index contributed by atoms with van der Waals surface area (Å²) in [4.78, 5) is 4.33. The third kappa shape index (κ3) is 4.46. The summed E-state index contributed by atoms with van der Waals surface area (Å²) < 4.78 is 38.3. The molecular formula is C14H21F3N2S. The van der Waals surface area contributed by atoms with E-state index < -0.39 is 12.1 Å². The van der Waals surface area contributed by atoms with Gasteiger partial charge < -0.3 is 5.32 Å². The fourth-order valence-electron chi connectivity index (χ4n) is 2.54. The Hall–Kier alpha value is -0.590. The molecule has 1 saturated heterocycles. The van der Waals surface area contributed by atoms with Crippen LogP contribution in [0.3, 0.4) is 0 Å². The molecule has 2 heterocycles. The number of rotatable bonds is 5. The van der Waals surface area contributed by atoms with Crippen LogP contribution in [0.2, 0.25) is 0 Å². The molecule has 1 fully saturated rings. The smallest absolute Gasteiger partial charge is 0.312 e. The Morgan fingerprint density at radius 2 is 2.10 bits per heavy atom. The van der Waals surface area contributed by atoms with E-state index in [0.29, 0.717) is 13.0 Å². The van der Waals surface area contributed by atoms with Gasteiger partial charge in [-0.25, -0.2) is 0 Å². The van der Waals surface area contributed by atoms with Crippen LogP contribution in [-0.4, -0.2) is 30.7 Å². The van der Waals surface area contributed by atoms with E-state index in [4.69, 9.17) is 0 Å². The molecule has 0 aromatic carbocycles. The van der Waals surface area contributed by atoms with Gasteiger partial charge in [0.15, 0.2) is 0 Å². The Balaban J connectivity index is 1.87. The van der Waals surface area contributed by atoms with E-state index >= 15 is 0 Å². The molecule has 1 aromatic heterocycles. The fraction of sp³-hybridized carbons (Fsp3) is 0.714. The van der Waals surface area contributed by atoms with Crippen LogP contribution in [0, 0.1) is 5.92 Å². The first-order valence-corrected chi connectivity index (χ1v) is 7.88. The molecule has 1 atom stereocenters. The highest BCUT2D eigenvalue weighted by Gasteiger charge is 2.41. The summed E-state index contributed by atoms with van der Waals surface area (Å²) in [5, 5.41) is 3.26. The molecule has 1 aliphatic heterocycles. The lowest BCUT2D eigenvalue weighted by atomic mass is 9.97. The number of hydrogen-bond donors (Lipinski definition) is 1. The van der Waals surface area contributed by atoms with Gasteiger partial charge in [-0.05, 0) is 38.1 Å². The van der Waals surface area contributed by atoms with Crippen LogP contribution in [0.25, 0.3) is 0 Å². The van der Waals surface area contributed by atoms with Crippen LogP contribution in [-0.2, 0) is 13.1 Å². The lowest BCUT2D eigenvalue weighted by molar-refractivity contribution is -0.187. The van der Waals surface area contributed by atoms with Crippen molar-refractivity contribution in [2.45, 2.75) is 39.0 Å².